The first-order valence-corrected chi connectivity index (χ1v) is 8.98. The molecule has 0 aliphatic carbocycles. The maximum absolute atomic E-state index is 12.2. The summed E-state index contributed by atoms with van der Waals surface area (Å²) in [7, 11) is 0. The standard InChI is InChI=1S/C19H16Cl2N2O4/c1-11(19(25)23-15-10-12(20)6-7-13(15)21)26-18(24)9-8-17-22-14-4-2-3-5-16(14)27-17/h2-7,10-11H,8-9H2,1H3,(H,23,25)/t11-/m0/s1. The molecule has 0 spiro atoms. The van der Waals surface area contributed by atoms with Gasteiger partial charge in [0.25, 0.3) is 5.91 Å². The predicted molar refractivity (Wildman–Crippen MR) is 103 cm³/mol. The summed E-state index contributed by atoms with van der Waals surface area (Å²) in [4.78, 5) is 28.5. The molecule has 1 N–H and O–H groups in total. The number of amides is 1. The van der Waals surface area contributed by atoms with E-state index < -0.39 is 18.0 Å². The topological polar surface area (TPSA) is 81.4 Å². The van der Waals surface area contributed by atoms with Crippen molar-refractivity contribution in [2.45, 2.75) is 25.9 Å². The lowest BCUT2D eigenvalue weighted by Crippen LogP contribution is -2.30. The molecule has 0 aliphatic heterocycles. The van der Waals surface area contributed by atoms with Crippen molar-refractivity contribution in [3.8, 4) is 0 Å². The number of carbonyl (C=O) groups excluding carboxylic acids is 2. The molecule has 1 aromatic heterocycles. The SMILES string of the molecule is C[C@H](OC(=O)CCc1nc2ccccc2o1)C(=O)Nc1cc(Cl)ccc1Cl. The van der Waals surface area contributed by atoms with E-state index in [1.165, 1.54) is 13.0 Å². The zero-order valence-corrected chi connectivity index (χ0v) is 15.9. The Kier molecular flexibility index (Phi) is 5.98. The van der Waals surface area contributed by atoms with Crippen molar-refractivity contribution in [3.05, 3.63) is 58.4 Å². The van der Waals surface area contributed by atoms with Crippen LogP contribution in [0.25, 0.3) is 11.1 Å². The van der Waals surface area contributed by atoms with Crippen LogP contribution in [-0.4, -0.2) is 23.0 Å². The van der Waals surface area contributed by atoms with Crippen LogP contribution in [0.2, 0.25) is 10.0 Å². The van der Waals surface area contributed by atoms with Crippen LogP contribution in [0.5, 0.6) is 0 Å². The number of benzene rings is 2. The fourth-order valence-corrected chi connectivity index (χ4v) is 2.71. The number of oxazole rings is 1. The number of carbonyl (C=O) groups is 2. The van der Waals surface area contributed by atoms with Crippen molar-refractivity contribution in [1.29, 1.82) is 0 Å². The number of aromatic nitrogens is 1. The van der Waals surface area contributed by atoms with E-state index in [0.717, 1.165) is 5.52 Å². The average molecular weight is 407 g/mol. The molecule has 0 fully saturated rings. The Balaban J connectivity index is 1.52. The second kappa shape index (κ2) is 8.41. The van der Waals surface area contributed by atoms with E-state index in [9.17, 15) is 9.59 Å². The highest BCUT2D eigenvalue weighted by atomic mass is 35.5. The first kappa shape index (κ1) is 19.2. The van der Waals surface area contributed by atoms with Crippen molar-refractivity contribution in [1.82, 2.24) is 4.98 Å². The van der Waals surface area contributed by atoms with Gasteiger partial charge >= 0.3 is 5.97 Å². The molecular weight excluding hydrogens is 391 g/mol. The van der Waals surface area contributed by atoms with E-state index in [-0.39, 0.29) is 12.8 Å². The molecule has 3 rings (SSSR count). The molecule has 0 saturated carbocycles. The summed E-state index contributed by atoms with van der Waals surface area (Å²) < 4.78 is 10.7. The molecule has 140 valence electrons. The Labute approximate surface area is 165 Å². The number of rotatable bonds is 6. The monoisotopic (exact) mass is 406 g/mol. The number of hydrogen-bond acceptors (Lipinski definition) is 5. The molecule has 0 bridgehead atoms. The van der Waals surface area contributed by atoms with Gasteiger partial charge in [0, 0.05) is 11.4 Å². The summed E-state index contributed by atoms with van der Waals surface area (Å²) >= 11 is 11.9. The minimum atomic E-state index is -0.990. The van der Waals surface area contributed by atoms with Gasteiger partial charge in [-0.3, -0.25) is 9.59 Å². The Morgan fingerprint density at radius 3 is 2.78 bits per heavy atom. The van der Waals surface area contributed by atoms with Crippen LogP contribution in [-0.2, 0) is 20.7 Å². The number of esters is 1. The number of para-hydroxylation sites is 2. The maximum atomic E-state index is 12.2. The molecule has 0 unspecified atom stereocenters. The molecule has 8 heteroatoms. The second-order valence-electron chi connectivity index (χ2n) is 5.82. The summed E-state index contributed by atoms with van der Waals surface area (Å²) in [6.07, 6.45) is -0.666. The number of aryl methyl sites for hydroxylation is 1. The third kappa shape index (κ3) is 4.99. The average Bonchev–Trinajstić information content (AvgIpc) is 3.06. The molecule has 0 radical (unpaired) electrons. The fraction of sp³-hybridized carbons (Fsp3) is 0.211. The highest BCUT2D eigenvalue weighted by Gasteiger charge is 2.19. The van der Waals surface area contributed by atoms with E-state index in [1.54, 1.807) is 18.2 Å². The third-order valence-electron chi connectivity index (χ3n) is 3.74. The molecule has 1 amide bonds. The largest absolute Gasteiger partial charge is 0.453 e. The van der Waals surface area contributed by atoms with Crippen LogP contribution in [0.1, 0.15) is 19.2 Å². The Morgan fingerprint density at radius 2 is 2.00 bits per heavy atom. The Hall–Kier alpha value is -2.57. The minimum Gasteiger partial charge on any atom is -0.453 e. The van der Waals surface area contributed by atoms with Gasteiger partial charge in [0.05, 0.1) is 17.1 Å². The zero-order valence-electron chi connectivity index (χ0n) is 14.4. The van der Waals surface area contributed by atoms with Gasteiger partial charge in [-0.05, 0) is 37.3 Å². The van der Waals surface area contributed by atoms with Gasteiger partial charge in [0.2, 0.25) is 0 Å². The van der Waals surface area contributed by atoms with Crippen molar-refractivity contribution < 1.29 is 18.7 Å². The van der Waals surface area contributed by atoms with Crippen LogP contribution >= 0.6 is 23.2 Å². The zero-order chi connectivity index (χ0) is 19.4. The molecule has 3 aromatic rings. The van der Waals surface area contributed by atoms with Crippen LogP contribution in [0.3, 0.4) is 0 Å². The lowest BCUT2D eigenvalue weighted by molar-refractivity contribution is -0.153. The molecule has 2 aromatic carbocycles. The number of ether oxygens (including phenoxy) is 1. The normalized spacial score (nSPS) is 12.0. The van der Waals surface area contributed by atoms with Gasteiger partial charge in [-0.1, -0.05) is 35.3 Å². The Bertz CT molecular complexity index is 954. The number of nitrogens with one attached hydrogen (secondary N) is 1. The van der Waals surface area contributed by atoms with Gasteiger partial charge in [0.1, 0.15) is 5.52 Å². The highest BCUT2D eigenvalue weighted by Crippen LogP contribution is 2.25. The lowest BCUT2D eigenvalue weighted by Gasteiger charge is -2.14. The minimum absolute atomic E-state index is 0.0440. The van der Waals surface area contributed by atoms with Crippen molar-refractivity contribution >= 4 is 51.9 Å². The third-order valence-corrected chi connectivity index (χ3v) is 4.31. The van der Waals surface area contributed by atoms with Crippen LogP contribution in [0, 0.1) is 0 Å². The molecule has 1 atom stereocenters. The van der Waals surface area contributed by atoms with Gasteiger partial charge in [-0.15, -0.1) is 0 Å². The van der Waals surface area contributed by atoms with E-state index in [1.807, 2.05) is 18.2 Å². The molecule has 1 heterocycles. The summed E-state index contributed by atoms with van der Waals surface area (Å²) in [6, 6.07) is 12.0. The molecule has 27 heavy (non-hydrogen) atoms. The molecule has 0 aliphatic rings. The van der Waals surface area contributed by atoms with Gasteiger partial charge in [0.15, 0.2) is 17.6 Å². The Morgan fingerprint density at radius 1 is 1.22 bits per heavy atom. The van der Waals surface area contributed by atoms with Gasteiger partial charge in [-0.25, -0.2) is 4.98 Å². The van der Waals surface area contributed by atoms with E-state index in [4.69, 9.17) is 32.4 Å². The lowest BCUT2D eigenvalue weighted by atomic mass is 10.3. The fourth-order valence-electron chi connectivity index (χ4n) is 2.37. The van der Waals surface area contributed by atoms with E-state index in [0.29, 0.717) is 27.2 Å². The molecule has 0 saturated heterocycles. The van der Waals surface area contributed by atoms with Crippen LogP contribution in [0.4, 0.5) is 5.69 Å². The quantitative estimate of drug-likeness (QED) is 0.603. The van der Waals surface area contributed by atoms with E-state index in [2.05, 4.69) is 10.3 Å². The highest BCUT2D eigenvalue weighted by molar-refractivity contribution is 6.35. The number of anilines is 1. The number of halogens is 2. The van der Waals surface area contributed by atoms with Gasteiger partial charge < -0.3 is 14.5 Å². The first-order chi connectivity index (χ1) is 12.9. The van der Waals surface area contributed by atoms with Crippen molar-refractivity contribution in [2.75, 3.05) is 5.32 Å². The summed E-state index contributed by atoms with van der Waals surface area (Å²) in [5, 5.41) is 3.35. The van der Waals surface area contributed by atoms with E-state index >= 15 is 0 Å². The van der Waals surface area contributed by atoms with Gasteiger partial charge in [-0.2, -0.15) is 0 Å². The van der Waals surface area contributed by atoms with Crippen LogP contribution < -0.4 is 5.32 Å². The molecule has 6 nitrogen and oxygen atoms in total. The number of hydrogen-bond donors (Lipinski definition) is 1. The smallest absolute Gasteiger partial charge is 0.307 e. The predicted octanol–water partition coefficient (Wildman–Crippen LogP) is 4.64. The van der Waals surface area contributed by atoms with Crippen molar-refractivity contribution in [3.63, 3.8) is 0 Å². The van der Waals surface area contributed by atoms with Crippen LogP contribution in [0.15, 0.2) is 46.9 Å². The number of nitrogens with zero attached hydrogens (tertiary/aromatic N) is 1. The second-order valence-corrected chi connectivity index (χ2v) is 6.66. The summed E-state index contributed by atoms with van der Waals surface area (Å²) in [6.45, 7) is 1.48. The maximum Gasteiger partial charge on any atom is 0.307 e. The summed E-state index contributed by atoms with van der Waals surface area (Å²) in [5.41, 5.74) is 1.74. The number of fused-ring (bicyclic) bond motifs is 1. The molecular formula is C19H16Cl2N2O4. The van der Waals surface area contributed by atoms with Crippen molar-refractivity contribution in [2.24, 2.45) is 0 Å². The summed E-state index contributed by atoms with van der Waals surface area (Å²) in [5.74, 6) is -0.595. The first-order valence-electron chi connectivity index (χ1n) is 8.22.